The van der Waals surface area contributed by atoms with Crippen LogP contribution in [0.2, 0.25) is 5.02 Å². The molecule has 27 heavy (non-hydrogen) atoms. The lowest BCUT2D eigenvalue weighted by Gasteiger charge is -2.19. The van der Waals surface area contributed by atoms with Gasteiger partial charge < -0.3 is 19.9 Å². The highest BCUT2D eigenvalue weighted by Gasteiger charge is 2.45. The molecule has 1 amide bonds. The van der Waals surface area contributed by atoms with E-state index >= 15 is 0 Å². The van der Waals surface area contributed by atoms with Crippen LogP contribution in [0.25, 0.3) is 0 Å². The zero-order valence-electron chi connectivity index (χ0n) is 14.4. The molecule has 3 unspecified atom stereocenters. The Morgan fingerprint density at radius 3 is 2.48 bits per heavy atom. The summed E-state index contributed by atoms with van der Waals surface area (Å²) in [6.45, 7) is 1.04. The number of halogens is 1. The molecule has 1 saturated carbocycles. The summed E-state index contributed by atoms with van der Waals surface area (Å²) < 4.78 is 11.1. The normalized spacial score (nSPS) is 21.2. The predicted molar refractivity (Wildman–Crippen MR) is 98.3 cm³/mol. The van der Waals surface area contributed by atoms with Crippen molar-refractivity contribution >= 4 is 23.5 Å². The van der Waals surface area contributed by atoms with E-state index in [1.54, 1.807) is 24.3 Å². The fourth-order valence-corrected chi connectivity index (χ4v) is 3.46. The van der Waals surface area contributed by atoms with Gasteiger partial charge in [0, 0.05) is 10.9 Å². The highest BCUT2D eigenvalue weighted by Crippen LogP contribution is 2.49. The van der Waals surface area contributed by atoms with Crippen molar-refractivity contribution < 1.29 is 24.2 Å². The minimum Gasteiger partial charge on any atom is -0.486 e. The molecule has 4 rings (SSSR count). The maximum Gasteiger partial charge on any atom is 0.330 e. The first-order chi connectivity index (χ1) is 13.0. The number of hydrogen-bond acceptors (Lipinski definition) is 4. The summed E-state index contributed by atoms with van der Waals surface area (Å²) in [5.74, 6) is -0.170. The molecule has 0 radical (unpaired) electrons. The summed E-state index contributed by atoms with van der Waals surface area (Å²) >= 11 is 5.85. The summed E-state index contributed by atoms with van der Waals surface area (Å²) in [4.78, 5) is 24.2. The zero-order chi connectivity index (χ0) is 19.0. The average Bonchev–Trinajstić information content (AvgIpc) is 3.47. The van der Waals surface area contributed by atoms with E-state index in [2.05, 4.69) is 5.32 Å². The molecule has 1 aliphatic heterocycles. The van der Waals surface area contributed by atoms with E-state index in [9.17, 15) is 14.7 Å². The number of benzene rings is 2. The smallest absolute Gasteiger partial charge is 0.330 e. The number of fused-ring (bicyclic) bond motifs is 1. The van der Waals surface area contributed by atoms with E-state index in [-0.39, 0.29) is 17.7 Å². The van der Waals surface area contributed by atoms with Gasteiger partial charge in [-0.3, -0.25) is 4.79 Å². The molecule has 7 heteroatoms. The Kier molecular flexibility index (Phi) is 4.66. The third-order valence-electron chi connectivity index (χ3n) is 4.86. The maximum absolute atomic E-state index is 12.6. The number of ether oxygens (including phenoxy) is 2. The highest BCUT2D eigenvalue weighted by atomic mass is 35.5. The molecule has 2 N–H and O–H groups in total. The molecule has 2 aliphatic rings. The molecule has 0 aromatic heterocycles. The van der Waals surface area contributed by atoms with Crippen LogP contribution in [-0.2, 0) is 9.59 Å². The number of hydrogen-bond donors (Lipinski definition) is 2. The Labute approximate surface area is 161 Å². The second-order valence-corrected chi connectivity index (χ2v) is 7.12. The molecule has 140 valence electrons. The van der Waals surface area contributed by atoms with Crippen molar-refractivity contribution in [1.82, 2.24) is 5.32 Å². The van der Waals surface area contributed by atoms with Crippen molar-refractivity contribution in [2.75, 3.05) is 13.2 Å². The van der Waals surface area contributed by atoms with Crippen LogP contribution in [0.5, 0.6) is 11.5 Å². The van der Waals surface area contributed by atoms with E-state index in [1.807, 2.05) is 18.2 Å². The molecular formula is C20H18ClNO5. The largest absolute Gasteiger partial charge is 0.486 e. The summed E-state index contributed by atoms with van der Waals surface area (Å²) in [5.41, 5.74) is 1.48. The van der Waals surface area contributed by atoms with Gasteiger partial charge in [-0.15, -0.1) is 0 Å². The first-order valence-electron chi connectivity index (χ1n) is 8.71. The number of aliphatic carboxylic acids is 1. The molecule has 0 spiro atoms. The van der Waals surface area contributed by atoms with E-state index < -0.39 is 12.0 Å². The maximum atomic E-state index is 12.6. The van der Waals surface area contributed by atoms with Crippen LogP contribution < -0.4 is 14.8 Å². The summed E-state index contributed by atoms with van der Waals surface area (Å²) in [5, 5.41) is 12.6. The number of amides is 1. The quantitative estimate of drug-likeness (QED) is 0.823. The molecule has 1 aliphatic carbocycles. The Hall–Kier alpha value is -2.73. The summed E-state index contributed by atoms with van der Waals surface area (Å²) in [6, 6.07) is 11.0. The SMILES string of the molecule is O=C(O)C(NC(=O)C1CC1c1ccc2c(c1)OCCO2)c1ccc(Cl)cc1. The first-order valence-corrected chi connectivity index (χ1v) is 9.09. The number of carboxylic acids is 1. The second kappa shape index (κ2) is 7.12. The average molecular weight is 388 g/mol. The Morgan fingerprint density at radius 2 is 1.78 bits per heavy atom. The van der Waals surface area contributed by atoms with Crippen molar-refractivity contribution in [2.24, 2.45) is 5.92 Å². The van der Waals surface area contributed by atoms with Gasteiger partial charge in [0.2, 0.25) is 5.91 Å². The van der Waals surface area contributed by atoms with Crippen LogP contribution in [0.3, 0.4) is 0 Å². The molecule has 1 heterocycles. The molecule has 2 aromatic carbocycles. The monoisotopic (exact) mass is 387 g/mol. The third kappa shape index (κ3) is 3.71. The lowest BCUT2D eigenvalue weighted by Crippen LogP contribution is -2.35. The number of carboxylic acid groups (broad SMARTS) is 1. The fraction of sp³-hybridized carbons (Fsp3) is 0.300. The Bertz CT molecular complexity index is 882. The number of carbonyl (C=O) groups excluding carboxylic acids is 1. The van der Waals surface area contributed by atoms with E-state index in [0.717, 1.165) is 5.56 Å². The van der Waals surface area contributed by atoms with Gasteiger partial charge in [0.05, 0.1) is 0 Å². The molecule has 6 nitrogen and oxygen atoms in total. The van der Waals surface area contributed by atoms with Crippen LogP contribution in [-0.4, -0.2) is 30.2 Å². The van der Waals surface area contributed by atoms with E-state index in [0.29, 0.717) is 41.7 Å². The second-order valence-electron chi connectivity index (χ2n) is 6.68. The van der Waals surface area contributed by atoms with Gasteiger partial charge in [0.15, 0.2) is 17.5 Å². The van der Waals surface area contributed by atoms with Crippen LogP contribution in [0.15, 0.2) is 42.5 Å². The lowest BCUT2D eigenvalue weighted by molar-refractivity contribution is -0.142. The van der Waals surface area contributed by atoms with Gasteiger partial charge >= 0.3 is 5.97 Å². The van der Waals surface area contributed by atoms with Gasteiger partial charge in [-0.1, -0.05) is 29.8 Å². The van der Waals surface area contributed by atoms with Crippen molar-refractivity contribution in [3.63, 3.8) is 0 Å². The fourth-order valence-electron chi connectivity index (χ4n) is 3.34. The van der Waals surface area contributed by atoms with Crippen molar-refractivity contribution in [3.8, 4) is 11.5 Å². The van der Waals surface area contributed by atoms with Gasteiger partial charge in [0.25, 0.3) is 0 Å². The van der Waals surface area contributed by atoms with Gasteiger partial charge in [0.1, 0.15) is 13.2 Å². The molecule has 0 bridgehead atoms. The van der Waals surface area contributed by atoms with Crippen LogP contribution in [0.4, 0.5) is 0 Å². The minimum atomic E-state index is -1.11. The minimum absolute atomic E-state index is 0.0560. The topological polar surface area (TPSA) is 84.9 Å². The summed E-state index contributed by atoms with van der Waals surface area (Å²) in [6.07, 6.45) is 0.679. The van der Waals surface area contributed by atoms with Gasteiger partial charge in [-0.05, 0) is 47.7 Å². The summed E-state index contributed by atoms with van der Waals surface area (Å²) in [7, 11) is 0. The third-order valence-corrected chi connectivity index (χ3v) is 5.11. The predicted octanol–water partition coefficient (Wildman–Crippen LogP) is 3.16. The van der Waals surface area contributed by atoms with Crippen LogP contribution in [0, 0.1) is 5.92 Å². The van der Waals surface area contributed by atoms with Crippen molar-refractivity contribution in [1.29, 1.82) is 0 Å². The molecule has 0 saturated heterocycles. The van der Waals surface area contributed by atoms with Gasteiger partial charge in [-0.25, -0.2) is 4.79 Å². The lowest BCUT2D eigenvalue weighted by atomic mass is 10.1. The Balaban J connectivity index is 1.44. The molecule has 1 fully saturated rings. The van der Waals surface area contributed by atoms with Gasteiger partial charge in [-0.2, -0.15) is 0 Å². The number of nitrogens with one attached hydrogen (secondary N) is 1. The van der Waals surface area contributed by atoms with E-state index in [4.69, 9.17) is 21.1 Å². The standard InChI is InChI=1S/C20H18ClNO5/c21-13-4-1-11(2-5-13)18(20(24)25)22-19(23)15-10-14(15)12-3-6-16-17(9-12)27-8-7-26-16/h1-6,9,14-15,18H,7-8,10H2,(H,22,23)(H,24,25). The first kappa shape index (κ1) is 17.7. The van der Waals surface area contributed by atoms with Crippen LogP contribution >= 0.6 is 11.6 Å². The van der Waals surface area contributed by atoms with E-state index in [1.165, 1.54) is 0 Å². The van der Waals surface area contributed by atoms with Crippen molar-refractivity contribution in [2.45, 2.75) is 18.4 Å². The zero-order valence-corrected chi connectivity index (χ0v) is 15.1. The van der Waals surface area contributed by atoms with Crippen LogP contribution in [0.1, 0.15) is 29.5 Å². The molecule has 3 atom stereocenters. The number of rotatable bonds is 5. The highest BCUT2D eigenvalue weighted by molar-refractivity contribution is 6.30. The Morgan fingerprint density at radius 1 is 1.07 bits per heavy atom. The molecular weight excluding hydrogens is 370 g/mol. The van der Waals surface area contributed by atoms with Crippen molar-refractivity contribution in [3.05, 3.63) is 58.6 Å². The number of carbonyl (C=O) groups is 2. The molecule has 2 aromatic rings.